The van der Waals surface area contributed by atoms with Gasteiger partial charge in [-0.1, -0.05) is 23.7 Å². The summed E-state index contributed by atoms with van der Waals surface area (Å²) in [7, 11) is 3.56. The van der Waals surface area contributed by atoms with Gasteiger partial charge in [-0.2, -0.15) is 0 Å². The maximum absolute atomic E-state index is 6.15. The largest absolute Gasteiger partial charge is 0.497 e. The van der Waals surface area contributed by atoms with E-state index in [9.17, 15) is 0 Å². The molecule has 6 nitrogen and oxygen atoms in total. The van der Waals surface area contributed by atoms with Crippen LogP contribution in [0, 0.1) is 5.92 Å². The van der Waals surface area contributed by atoms with Gasteiger partial charge in [-0.05, 0) is 49.1 Å². The molecule has 2 aliphatic rings. The summed E-state index contributed by atoms with van der Waals surface area (Å²) in [6.07, 6.45) is 2.26. The first-order valence-corrected chi connectivity index (χ1v) is 11.4. The summed E-state index contributed by atoms with van der Waals surface area (Å²) >= 11 is 6.15. The normalized spacial score (nSPS) is 21.5. The summed E-state index contributed by atoms with van der Waals surface area (Å²) in [5, 5.41) is 7.92. The van der Waals surface area contributed by atoms with Crippen LogP contribution in [-0.4, -0.2) is 58.9 Å². The maximum atomic E-state index is 6.15. The molecule has 0 aromatic heterocycles. The summed E-state index contributed by atoms with van der Waals surface area (Å²) in [6.45, 7) is 5.01. The minimum atomic E-state index is 0.377. The number of hydrogen-bond acceptors (Lipinski definition) is 4. The van der Waals surface area contributed by atoms with Crippen molar-refractivity contribution >= 4 is 28.9 Å². The number of hydrogen-bond donors (Lipinski definition) is 2. The van der Waals surface area contributed by atoms with Gasteiger partial charge in [0, 0.05) is 68.3 Å². The minimum absolute atomic E-state index is 0.377. The number of guanidine groups is 1. The highest BCUT2D eigenvalue weighted by molar-refractivity contribution is 6.30. The molecule has 0 amide bonds. The Morgan fingerprint density at radius 1 is 1.06 bits per heavy atom. The van der Waals surface area contributed by atoms with Crippen LogP contribution in [0.4, 0.5) is 11.4 Å². The Hall–Kier alpha value is -2.60. The van der Waals surface area contributed by atoms with E-state index in [4.69, 9.17) is 16.3 Å². The van der Waals surface area contributed by atoms with Crippen molar-refractivity contribution in [3.8, 4) is 5.75 Å². The smallest absolute Gasteiger partial charge is 0.191 e. The molecule has 0 saturated carbocycles. The minimum Gasteiger partial charge on any atom is -0.497 e. The molecule has 166 valence electrons. The van der Waals surface area contributed by atoms with Crippen molar-refractivity contribution in [1.82, 2.24) is 10.6 Å². The average molecular weight is 442 g/mol. The number of rotatable bonds is 6. The lowest BCUT2D eigenvalue weighted by Gasteiger charge is -2.22. The second kappa shape index (κ2) is 10.1. The fourth-order valence-electron chi connectivity index (χ4n) is 4.46. The van der Waals surface area contributed by atoms with Crippen LogP contribution in [-0.2, 0) is 0 Å². The van der Waals surface area contributed by atoms with E-state index >= 15 is 0 Å². The zero-order valence-corrected chi connectivity index (χ0v) is 19.1. The molecule has 7 heteroatoms. The lowest BCUT2D eigenvalue weighted by Crippen LogP contribution is -2.46. The lowest BCUT2D eigenvalue weighted by atomic mass is 10.1. The van der Waals surface area contributed by atoms with Gasteiger partial charge in [0.2, 0.25) is 0 Å². The highest BCUT2D eigenvalue weighted by Gasteiger charge is 2.25. The molecule has 31 heavy (non-hydrogen) atoms. The highest BCUT2D eigenvalue weighted by Crippen LogP contribution is 2.27. The average Bonchev–Trinajstić information content (AvgIpc) is 3.46. The summed E-state index contributed by atoms with van der Waals surface area (Å²) in [5.41, 5.74) is 2.42. The SMILES string of the molecule is CN=C(NCC1CCN(c2cccc(OC)c2)C1)NC1CCN(c2cccc(Cl)c2)C1. The van der Waals surface area contributed by atoms with Crippen molar-refractivity contribution < 1.29 is 4.74 Å². The molecular formula is C24H32ClN5O. The summed E-state index contributed by atoms with van der Waals surface area (Å²) in [5.74, 6) is 2.39. The van der Waals surface area contributed by atoms with E-state index in [2.05, 4.69) is 49.7 Å². The summed E-state index contributed by atoms with van der Waals surface area (Å²) < 4.78 is 5.37. The topological polar surface area (TPSA) is 52.1 Å². The first kappa shape index (κ1) is 21.6. The highest BCUT2D eigenvalue weighted by atomic mass is 35.5. The van der Waals surface area contributed by atoms with Gasteiger partial charge >= 0.3 is 0 Å². The van der Waals surface area contributed by atoms with Gasteiger partial charge in [0.05, 0.1) is 7.11 Å². The lowest BCUT2D eigenvalue weighted by molar-refractivity contribution is 0.415. The molecule has 2 saturated heterocycles. The van der Waals surface area contributed by atoms with E-state index < -0.39 is 0 Å². The fourth-order valence-corrected chi connectivity index (χ4v) is 4.64. The van der Waals surface area contributed by atoms with Crippen LogP contribution in [0.5, 0.6) is 5.75 Å². The third kappa shape index (κ3) is 5.56. The monoisotopic (exact) mass is 441 g/mol. The summed E-state index contributed by atoms with van der Waals surface area (Å²) in [4.78, 5) is 9.26. The first-order chi connectivity index (χ1) is 15.1. The van der Waals surface area contributed by atoms with Crippen LogP contribution >= 0.6 is 11.6 Å². The Bertz CT molecular complexity index is 905. The number of nitrogens with zero attached hydrogens (tertiary/aromatic N) is 3. The molecule has 4 rings (SSSR count). The predicted octanol–water partition coefficient (Wildman–Crippen LogP) is 3.62. The number of ether oxygens (including phenoxy) is 1. The van der Waals surface area contributed by atoms with Crippen LogP contribution in [0.25, 0.3) is 0 Å². The van der Waals surface area contributed by atoms with Crippen LogP contribution in [0.15, 0.2) is 53.5 Å². The van der Waals surface area contributed by atoms with Crippen molar-refractivity contribution in [3.63, 3.8) is 0 Å². The number of nitrogens with one attached hydrogen (secondary N) is 2. The molecule has 0 radical (unpaired) electrons. The number of anilines is 2. The molecule has 2 unspecified atom stereocenters. The van der Waals surface area contributed by atoms with E-state index in [1.54, 1.807) is 7.11 Å². The van der Waals surface area contributed by atoms with E-state index in [0.29, 0.717) is 12.0 Å². The maximum Gasteiger partial charge on any atom is 0.191 e. The second-order valence-corrected chi connectivity index (χ2v) is 8.75. The second-order valence-electron chi connectivity index (χ2n) is 8.31. The van der Waals surface area contributed by atoms with Crippen LogP contribution < -0.4 is 25.2 Å². The molecule has 0 bridgehead atoms. The molecule has 2 fully saturated rings. The van der Waals surface area contributed by atoms with E-state index in [-0.39, 0.29) is 0 Å². The summed E-state index contributed by atoms with van der Waals surface area (Å²) in [6, 6.07) is 16.8. The molecule has 2 aromatic rings. The van der Waals surface area contributed by atoms with Crippen molar-refractivity contribution in [1.29, 1.82) is 0 Å². The number of methoxy groups -OCH3 is 1. The van der Waals surface area contributed by atoms with E-state index in [1.807, 2.05) is 31.3 Å². The standard InChI is InChI=1S/C24H32ClN5O/c1-26-24(28-20-10-12-30(17-20)21-6-3-5-19(25)13-21)27-15-18-9-11-29(16-18)22-7-4-8-23(14-22)31-2/h3-8,13-14,18,20H,9-12,15-17H2,1-2H3,(H2,26,27,28). The van der Waals surface area contributed by atoms with E-state index in [1.165, 1.54) is 17.8 Å². The Morgan fingerprint density at radius 3 is 2.58 bits per heavy atom. The molecular weight excluding hydrogens is 410 g/mol. The Morgan fingerprint density at radius 2 is 1.81 bits per heavy atom. The molecule has 2 N–H and O–H groups in total. The van der Waals surface area contributed by atoms with Crippen molar-refractivity contribution in [3.05, 3.63) is 53.6 Å². The third-order valence-electron chi connectivity index (χ3n) is 6.19. The van der Waals surface area contributed by atoms with Gasteiger partial charge in [0.15, 0.2) is 5.96 Å². The van der Waals surface area contributed by atoms with Gasteiger partial charge in [0.25, 0.3) is 0 Å². The van der Waals surface area contributed by atoms with Gasteiger partial charge in [0.1, 0.15) is 5.75 Å². The quantitative estimate of drug-likeness (QED) is 0.529. The molecule has 2 aliphatic heterocycles. The first-order valence-electron chi connectivity index (χ1n) is 11.0. The number of halogens is 1. The number of aliphatic imine (C=N–C) groups is 1. The van der Waals surface area contributed by atoms with Crippen LogP contribution in [0.3, 0.4) is 0 Å². The van der Waals surface area contributed by atoms with E-state index in [0.717, 1.165) is 55.9 Å². The fraction of sp³-hybridized carbons (Fsp3) is 0.458. The molecule has 2 heterocycles. The predicted molar refractivity (Wildman–Crippen MR) is 130 cm³/mol. The number of benzene rings is 2. The van der Waals surface area contributed by atoms with Crippen molar-refractivity contribution in [2.24, 2.45) is 10.9 Å². The zero-order valence-electron chi connectivity index (χ0n) is 18.4. The Balaban J connectivity index is 1.24. The van der Waals surface area contributed by atoms with Crippen LogP contribution in [0.2, 0.25) is 5.02 Å². The molecule has 0 aliphatic carbocycles. The van der Waals surface area contributed by atoms with Gasteiger partial charge in [-0.15, -0.1) is 0 Å². The molecule has 0 spiro atoms. The third-order valence-corrected chi connectivity index (χ3v) is 6.42. The van der Waals surface area contributed by atoms with Gasteiger partial charge in [-0.25, -0.2) is 0 Å². The Labute approximate surface area is 190 Å². The zero-order chi connectivity index (χ0) is 21.6. The molecule has 2 aromatic carbocycles. The van der Waals surface area contributed by atoms with Crippen molar-refractivity contribution in [2.75, 3.05) is 56.7 Å². The Kier molecular flexibility index (Phi) is 7.07. The van der Waals surface area contributed by atoms with Crippen LogP contribution in [0.1, 0.15) is 12.8 Å². The van der Waals surface area contributed by atoms with Crippen molar-refractivity contribution in [2.45, 2.75) is 18.9 Å². The molecule has 2 atom stereocenters. The van der Waals surface area contributed by atoms with Gasteiger partial charge in [-0.3, -0.25) is 4.99 Å². The van der Waals surface area contributed by atoms with Gasteiger partial charge < -0.3 is 25.2 Å².